The van der Waals surface area contributed by atoms with Gasteiger partial charge in [-0.2, -0.15) is 0 Å². The molecule has 112 valence electrons. The van der Waals surface area contributed by atoms with Crippen molar-refractivity contribution in [2.75, 3.05) is 14.2 Å². The Kier molecular flexibility index (Phi) is 4.94. The number of benzene rings is 1. The maximum absolute atomic E-state index is 13.8. The van der Waals surface area contributed by atoms with Gasteiger partial charge in [-0.3, -0.25) is 4.90 Å². The molecule has 0 aliphatic heterocycles. The van der Waals surface area contributed by atoms with Crippen LogP contribution in [-0.4, -0.2) is 36.3 Å². The molecule has 0 aromatic heterocycles. The Morgan fingerprint density at radius 3 is 2.50 bits per heavy atom. The lowest BCUT2D eigenvalue weighted by Crippen LogP contribution is -2.36. The Balaban J connectivity index is 2.02. The summed E-state index contributed by atoms with van der Waals surface area (Å²) in [7, 11) is 3.58. The number of hydrogen-bond donors (Lipinski definition) is 1. The number of phenols is 1. The van der Waals surface area contributed by atoms with Gasteiger partial charge in [0.25, 0.3) is 0 Å². The van der Waals surface area contributed by atoms with Gasteiger partial charge in [0.15, 0.2) is 11.6 Å². The van der Waals surface area contributed by atoms with E-state index < -0.39 is 17.4 Å². The van der Waals surface area contributed by atoms with Crippen molar-refractivity contribution in [3.8, 4) is 5.75 Å². The van der Waals surface area contributed by atoms with Gasteiger partial charge in [0.05, 0.1) is 6.10 Å². The van der Waals surface area contributed by atoms with Gasteiger partial charge in [0.2, 0.25) is 0 Å². The van der Waals surface area contributed by atoms with Gasteiger partial charge >= 0.3 is 0 Å². The topological polar surface area (TPSA) is 32.7 Å². The van der Waals surface area contributed by atoms with E-state index in [4.69, 9.17) is 4.74 Å². The van der Waals surface area contributed by atoms with Crippen molar-refractivity contribution in [2.45, 2.75) is 44.4 Å². The lowest BCUT2D eigenvalue weighted by atomic mass is 9.92. The van der Waals surface area contributed by atoms with Crippen molar-refractivity contribution in [1.82, 2.24) is 4.90 Å². The van der Waals surface area contributed by atoms with E-state index in [2.05, 4.69) is 0 Å². The van der Waals surface area contributed by atoms with E-state index in [-0.39, 0.29) is 12.1 Å². The summed E-state index contributed by atoms with van der Waals surface area (Å²) < 4.78 is 32.8. The number of ether oxygens (including phenoxy) is 1. The summed E-state index contributed by atoms with van der Waals surface area (Å²) in [5, 5.41) is 9.34. The summed E-state index contributed by atoms with van der Waals surface area (Å²) in [6, 6.07) is 2.43. The van der Waals surface area contributed by atoms with Crippen LogP contribution in [0.3, 0.4) is 0 Å². The average molecular weight is 285 g/mol. The highest BCUT2D eigenvalue weighted by atomic mass is 19.1. The van der Waals surface area contributed by atoms with Gasteiger partial charge in [0, 0.05) is 25.3 Å². The first-order valence-corrected chi connectivity index (χ1v) is 6.91. The number of methoxy groups -OCH3 is 1. The van der Waals surface area contributed by atoms with E-state index >= 15 is 0 Å². The summed E-state index contributed by atoms with van der Waals surface area (Å²) in [4.78, 5) is 1.95. The van der Waals surface area contributed by atoms with Gasteiger partial charge < -0.3 is 9.84 Å². The van der Waals surface area contributed by atoms with Crippen molar-refractivity contribution in [1.29, 1.82) is 0 Å². The van der Waals surface area contributed by atoms with Crippen LogP contribution in [0.1, 0.15) is 31.2 Å². The fraction of sp³-hybridized carbons (Fsp3) is 0.600. The van der Waals surface area contributed by atoms with Crippen LogP contribution in [0.25, 0.3) is 0 Å². The van der Waals surface area contributed by atoms with Crippen molar-refractivity contribution >= 4 is 0 Å². The molecule has 1 aliphatic carbocycles. The minimum atomic E-state index is -0.859. The van der Waals surface area contributed by atoms with Crippen LogP contribution < -0.4 is 0 Å². The highest BCUT2D eigenvalue weighted by Gasteiger charge is 2.25. The molecule has 1 aliphatic rings. The Labute approximate surface area is 118 Å². The molecule has 0 saturated heterocycles. The summed E-state index contributed by atoms with van der Waals surface area (Å²) in [5.41, 5.74) is -0.0682. The highest BCUT2D eigenvalue weighted by Crippen LogP contribution is 2.27. The summed E-state index contributed by atoms with van der Waals surface area (Å²) in [6.07, 6.45) is 4.15. The molecule has 0 radical (unpaired) electrons. The van der Waals surface area contributed by atoms with Crippen LogP contribution in [0.4, 0.5) is 8.78 Å². The van der Waals surface area contributed by atoms with Crippen LogP contribution in [0.5, 0.6) is 5.75 Å². The van der Waals surface area contributed by atoms with Crippen molar-refractivity contribution in [3.05, 3.63) is 29.3 Å². The van der Waals surface area contributed by atoms with E-state index in [1.165, 1.54) is 0 Å². The zero-order valence-electron chi connectivity index (χ0n) is 11.9. The molecule has 1 fully saturated rings. The quantitative estimate of drug-likeness (QED) is 0.923. The Morgan fingerprint density at radius 1 is 1.25 bits per heavy atom. The van der Waals surface area contributed by atoms with E-state index in [0.29, 0.717) is 12.1 Å². The number of halogens is 2. The van der Waals surface area contributed by atoms with Crippen LogP contribution in [0, 0.1) is 11.6 Å². The molecule has 0 atom stereocenters. The largest absolute Gasteiger partial charge is 0.505 e. The van der Waals surface area contributed by atoms with E-state index in [0.717, 1.165) is 37.8 Å². The van der Waals surface area contributed by atoms with Crippen LogP contribution in [0.2, 0.25) is 0 Å². The molecule has 3 nitrogen and oxygen atoms in total. The fourth-order valence-electron chi connectivity index (χ4n) is 2.83. The first-order chi connectivity index (χ1) is 9.52. The SMILES string of the molecule is COC1CCC(N(C)Cc2c(F)ccc(O)c2F)CC1. The molecule has 0 unspecified atom stereocenters. The number of rotatable bonds is 4. The van der Waals surface area contributed by atoms with Crippen LogP contribution in [0.15, 0.2) is 12.1 Å². The number of nitrogens with zero attached hydrogens (tertiary/aromatic N) is 1. The maximum atomic E-state index is 13.8. The fourth-order valence-corrected chi connectivity index (χ4v) is 2.83. The lowest BCUT2D eigenvalue weighted by Gasteiger charge is -2.34. The van der Waals surface area contributed by atoms with Gasteiger partial charge in [0.1, 0.15) is 5.82 Å². The molecule has 5 heteroatoms. The van der Waals surface area contributed by atoms with Crippen LogP contribution >= 0.6 is 0 Å². The summed E-state index contributed by atoms with van der Waals surface area (Å²) in [5.74, 6) is -1.97. The van der Waals surface area contributed by atoms with Crippen molar-refractivity contribution in [2.24, 2.45) is 0 Å². The second kappa shape index (κ2) is 6.50. The molecule has 1 saturated carbocycles. The molecule has 1 aromatic carbocycles. The zero-order chi connectivity index (χ0) is 14.7. The van der Waals surface area contributed by atoms with E-state index in [9.17, 15) is 13.9 Å². The van der Waals surface area contributed by atoms with E-state index in [1.807, 2.05) is 11.9 Å². The second-order valence-electron chi connectivity index (χ2n) is 5.44. The lowest BCUT2D eigenvalue weighted by molar-refractivity contribution is 0.0423. The van der Waals surface area contributed by atoms with Crippen molar-refractivity contribution in [3.63, 3.8) is 0 Å². The third-order valence-electron chi connectivity index (χ3n) is 4.17. The molecular weight excluding hydrogens is 264 g/mol. The standard InChI is InChI=1S/C15H21F2NO2/c1-18(10-3-5-11(20-2)6-4-10)9-12-13(16)7-8-14(19)15(12)17/h7-8,10-11,19H,3-6,9H2,1-2H3. The Hall–Kier alpha value is -1.20. The number of aromatic hydroxyl groups is 1. The van der Waals surface area contributed by atoms with Gasteiger partial charge in [-0.15, -0.1) is 0 Å². The predicted octanol–water partition coefficient (Wildman–Crippen LogP) is 3.06. The van der Waals surface area contributed by atoms with E-state index in [1.54, 1.807) is 7.11 Å². The molecule has 0 bridgehead atoms. The maximum Gasteiger partial charge on any atom is 0.172 e. The first-order valence-electron chi connectivity index (χ1n) is 6.91. The number of phenolic OH excluding ortho intramolecular Hbond substituents is 1. The third-order valence-corrected chi connectivity index (χ3v) is 4.17. The zero-order valence-corrected chi connectivity index (χ0v) is 11.9. The Bertz CT molecular complexity index is 459. The molecule has 2 rings (SSSR count). The molecule has 0 amide bonds. The molecular formula is C15H21F2NO2. The third kappa shape index (κ3) is 3.27. The van der Waals surface area contributed by atoms with Crippen molar-refractivity contribution < 1.29 is 18.6 Å². The number of hydrogen-bond acceptors (Lipinski definition) is 3. The smallest absolute Gasteiger partial charge is 0.172 e. The summed E-state index contributed by atoms with van der Waals surface area (Å²) in [6.45, 7) is 0.161. The average Bonchev–Trinajstić information content (AvgIpc) is 2.47. The minimum Gasteiger partial charge on any atom is -0.505 e. The second-order valence-corrected chi connectivity index (χ2v) is 5.44. The minimum absolute atomic E-state index is 0.0682. The monoisotopic (exact) mass is 285 g/mol. The van der Waals surface area contributed by atoms with Crippen LogP contribution in [-0.2, 0) is 11.3 Å². The molecule has 1 aromatic rings. The van der Waals surface area contributed by atoms with Gasteiger partial charge in [-0.05, 0) is 44.9 Å². The molecule has 0 heterocycles. The highest BCUT2D eigenvalue weighted by molar-refractivity contribution is 5.31. The molecule has 0 spiro atoms. The molecule has 1 N–H and O–H groups in total. The Morgan fingerprint density at radius 2 is 1.90 bits per heavy atom. The predicted molar refractivity (Wildman–Crippen MR) is 72.5 cm³/mol. The summed E-state index contributed by atoms with van der Waals surface area (Å²) >= 11 is 0. The van der Waals surface area contributed by atoms with Gasteiger partial charge in [-0.25, -0.2) is 8.78 Å². The normalized spacial score (nSPS) is 23.2. The van der Waals surface area contributed by atoms with Gasteiger partial charge in [-0.1, -0.05) is 0 Å². The first kappa shape index (κ1) is 15.2. The molecule has 20 heavy (non-hydrogen) atoms.